The van der Waals surface area contributed by atoms with Crippen molar-refractivity contribution in [1.82, 2.24) is 0 Å². The van der Waals surface area contributed by atoms with E-state index in [4.69, 9.17) is 4.74 Å². The third-order valence-electron chi connectivity index (χ3n) is 3.25. The molecule has 16 heavy (non-hydrogen) atoms. The maximum Gasteiger partial charge on any atom is 0.123 e. The van der Waals surface area contributed by atoms with Gasteiger partial charge in [-0.3, -0.25) is 0 Å². The van der Waals surface area contributed by atoms with Crippen molar-refractivity contribution in [1.29, 1.82) is 0 Å². The summed E-state index contributed by atoms with van der Waals surface area (Å²) in [4.78, 5) is 0. The minimum atomic E-state index is -0.203. The second kappa shape index (κ2) is 3.49. The summed E-state index contributed by atoms with van der Waals surface area (Å²) in [6.07, 6.45) is 0.960. The van der Waals surface area contributed by atoms with Crippen LogP contribution < -0.4 is 4.74 Å². The van der Waals surface area contributed by atoms with Gasteiger partial charge < -0.3 is 9.84 Å². The number of ether oxygens (including phenoxy) is 1. The van der Waals surface area contributed by atoms with Gasteiger partial charge >= 0.3 is 0 Å². The second-order valence-corrected chi connectivity index (χ2v) is 5.90. The van der Waals surface area contributed by atoms with Gasteiger partial charge in [-0.25, -0.2) is 0 Å². The maximum atomic E-state index is 9.36. The Kier molecular flexibility index (Phi) is 2.50. The Balaban J connectivity index is 2.36. The summed E-state index contributed by atoms with van der Waals surface area (Å²) in [5, 5.41) is 9.36. The molecule has 1 aliphatic rings. The molecule has 2 nitrogen and oxygen atoms in total. The number of hydrogen-bond donors (Lipinski definition) is 1. The first-order valence-corrected chi connectivity index (χ1v) is 5.77. The van der Waals surface area contributed by atoms with Crippen LogP contribution in [0.4, 0.5) is 0 Å². The molecule has 0 amide bonds. The molecule has 0 aromatic heterocycles. The summed E-state index contributed by atoms with van der Waals surface area (Å²) >= 11 is 0. The summed E-state index contributed by atoms with van der Waals surface area (Å²) in [5.41, 5.74) is 2.10. The summed E-state index contributed by atoms with van der Waals surface area (Å²) in [7, 11) is 0. The predicted molar refractivity (Wildman–Crippen MR) is 65.0 cm³/mol. The van der Waals surface area contributed by atoms with Gasteiger partial charge in [-0.1, -0.05) is 26.0 Å². The zero-order chi connectivity index (χ0) is 12.0. The topological polar surface area (TPSA) is 29.5 Å². The molecule has 0 saturated carbocycles. The van der Waals surface area contributed by atoms with Crippen LogP contribution in [-0.2, 0) is 11.8 Å². The Hall–Kier alpha value is -1.02. The Morgan fingerprint density at radius 3 is 2.69 bits per heavy atom. The van der Waals surface area contributed by atoms with Gasteiger partial charge in [0.15, 0.2) is 0 Å². The van der Waals surface area contributed by atoms with Crippen LogP contribution in [0, 0.1) is 0 Å². The zero-order valence-electron chi connectivity index (χ0n) is 10.5. The van der Waals surface area contributed by atoms with Crippen molar-refractivity contribution in [2.75, 3.05) is 6.61 Å². The number of hydrogen-bond acceptors (Lipinski definition) is 2. The largest absolute Gasteiger partial charge is 0.487 e. The smallest absolute Gasteiger partial charge is 0.123 e. The molecular weight excluding hydrogens is 200 g/mol. The number of benzene rings is 1. The van der Waals surface area contributed by atoms with Crippen LogP contribution in [0.5, 0.6) is 5.75 Å². The lowest BCUT2D eigenvalue weighted by atomic mass is 9.85. The summed E-state index contributed by atoms with van der Waals surface area (Å²) < 4.78 is 5.89. The predicted octanol–water partition coefficient (Wildman–Crippen LogP) is 2.67. The number of aliphatic hydroxyl groups is 1. The Labute approximate surface area is 97.3 Å². The molecule has 0 fully saturated rings. The van der Waals surface area contributed by atoms with Crippen molar-refractivity contribution >= 4 is 0 Å². The third kappa shape index (κ3) is 1.94. The lowest BCUT2D eigenvalue weighted by Crippen LogP contribution is -2.24. The third-order valence-corrected chi connectivity index (χ3v) is 3.25. The molecule has 88 valence electrons. The molecule has 1 aromatic carbocycles. The molecular formula is C14H20O2. The summed E-state index contributed by atoms with van der Waals surface area (Å²) in [6.45, 7) is 8.42. The van der Waals surface area contributed by atoms with Crippen LogP contribution in [0.2, 0.25) is 0 Å². The van der Waals surface area contributed by atoms with Crippen LogP contribution in [0.1, 0.15) is 38.8 Å². The molecule has 1 aliphatic heterocycles. The summed E-state index contributed by atoms with van der Waals surface area (Å²) in [6, 6.07) is 6.29. The SMILES string of the molecule is CC1(C)Cc2ccc(C(C)(C)CO)cc2O1. The van der Waals surface area contributed by atoms with E-state index in [0.717, 1.165) is 17.7 Å². The van der Waals surface area contributed by atoms with E-state index in [-0.39, 0.29) is 17.6 Å². The Morgan fingerprint density at radius 1 is 1.38 bits per heavy atom. The highest BCUT2D eigenvalue weighted by molar-refractivity contribution is 5.44. The lowest BCUT2D eigenvalue weighted by molar-refractivity contribution is 0.138. The fraction of sp³-hybridized carbons (Fsp3) is 0.571. The first-order chi connectivity index (χ1) is 7.34. The van der Waals surface area contributed by atoms with Crippen LogP contribution >= 0.6 is 0 Å². The first kappa shape index (κ1) is 11.5. The van der Waals surface area contributed by atoms with E-state index in [1.807, 2.05) is 13.8 Å². The van der Waals surface area contributed by atoms with Gasteiger partial charge in [0.05, 0.1) is 6.61 Å². The number of aliphatic hydroxyl groups excluding tert-OH is 1. The lowest BCUT2D eigenvalue weighted by Gasteiger charge is -2.23. The molecule has 0 spiro atoms. The highest BCUT2D eigenvalue weighted by atomic mass is 16.5. The summed E-state index contributed by atoms with van der Waals surface area (Å²) in [5.74, 6) is 0.976. The molecule has 2 rings (SSSR count). The zero-order valence-corrected chi connectivity index (χ0v) is 10.5. The minimum absolute atomic E-state index is 0.0929. The van der Waals surface area contributed by atoms with E-state index in [1.165, 1.54) is 5.56 Å². The number of fused-ring (bicyclic) bond motifs is 1. The monoisotopic (exact) mass is 220 g/mol. The van der Waals surface area contributed by atoms with Gasteiger partial charge in [0, 0.05) is 11.8 Å². The number of rotatable bonds is 2. The van der Waals surface area contributed by atoms with Crippen LogP contribution in [0.25, 0.3) is 0 Å². The van der Waals surface area contributed by atoms with Crippen molar-refractivity contribution in [2.45, 2.75) is 45.1 Å². The quantitative estimate of drug-likeness (QED) is 0.830. The minimum Gasteiger partial charge on any atom is -0.487 e. The van der Waals surface area contributed by atoms with E-state index in [2.05, 4.69) is 32.0 Å². The molecule has 1 N–H and O–H groups in total. The van der Waals surface area contributed by atoms with Gasteiger partial charge in [-0.05, 0) is 31.0 Å². The molecule has 1 heterocycles. The highest BCUT2D eigenvalue weighted by Gasteiger charge is 2.31. The molecule has 0 unspecified atom stereocenters. The van der Waals surface area contributed by atoms with Crippen LogP contribution in [0.3, 0.4) is 0 Å². The fourth-order valence-corrected chi connectivity index (χ4v) is 2.10. The van der Waals surface area contributed by atoms with Gasteiger partial charge in [-0.2, -0.15) is 0 Å². The Morgan fingerprint density at radius 2 is 2.06 bits per heavy atom. The molecule has 0 bridgehead atoms. The standard InChI is InChI=1S/C14H20O2/c1-13(2,9-15)11-6-5-10-8-14(3,4)16-12(10)7-11/h5-7,15H,8-9H2,1-4H3. The van der Waals surface area contributed by atoms with Gasteiger partial charge in [0.1, 0.15) is 11.4 Å². The van der Waals surface area contributed by atoms with Crippen molar-refractivity contribution in [3.63, 3.8) is 0 Å². The highest BCUT2D eigenvalue weighted by Crippen LogP contribution is 2.37. The van der Waals surface area contributed by atoms with E-state index in [0.29, 0.717) is 0 Å². The van der Waals surface area contributed by atoms with Gasteiger partial charge in [0.25, 0.3) is 0 Å². The van der Waals surface area contributed by atoms with Gasteiger partial charge in [-0.15, -0.1) is 0 Å². The van der Waals surface area contributed by atoms with E-state index >= 15 is 0 Å². The normalized spacial score (nSPS) is 18.1. The molecule has 0 radical (unpaired) electrons. The van der Waals surface area contributed by atoms with Crippen molar-refractivity contribution in [2.24, 2.45) is 0 Å². The Bertz CT molecular complexity index is 405. The van der Waals surface area contributed by atoms with Crippen LogP contribution in [0.15, 0.2) is 18.2 Å². The van der Waals surface area contributed by atoms with Crippen LogP contribution in [-0.4, -0.2) is 17.3 Å². The van der Waals surface area contributed by atoms with Crippen molar-refractivity contribution in [3.05, 3.63) is 29.3 Å². The van der Waals surface area contributed by atoms with E-state index in [9.17, 15) is 5.11 Å². The van der Waals surface area contributed by atoms with Crippen molar-refractivity contribution < 1.29 is 9.84 Å². The van der Waals surface area contributed by atoms with Crippen molar-refractivity contribution in [3.8, 4) is 5.75 Å². The fourth-order valence-electron chi connectivity index (χ4n) is 2.10. The molecule has 0 atom stereocenters. The second-order valence-electron chi connectivity index (χ2n) is 5.90. The maximum absolute atomic E-state index is 9.36. The molecule has 2 heteroatoms. The van der Waals surface area contributed by atoms with Gasteiger partial charge in [0.2, 0.25) is 0 Å². The molecule has 0 saturated heterocycles. The average molecular weight is 220 g/mol. The first-order valence-electron chi connectivity index (χ1n) is 5.77. The molecule has 0 aliphatic carbocycles. The van der Waals surface area contributed by atoms with E-state index < -0.39 is 0 Å². The van der Waals surface area contributed by atoms with E-state index in [1.54, 1.807) is 0 Å². The molecule has 1 aromatic rings. The average Bonchev–Trinajstić information content (AvgIpc) is 2.50.